The first kappa shape index (κ1) is 23.7. The lowest BCUT2D eigenvalue weighted by Gasteiger charge is -2.39. The maximum Gasteiger partial charge on any atom is 0.417 e. The summed E-state index contributed by atoms with van der Waals surface area (Å²) in [7, 11) is 0. The van der Waals surface area contributed by atoms with Gasteiger partial charge >= 0.3 is 6.18 Å². The van der Waals surface area contributed by atoms with Crippen LogP contribution in [0.25, 0.3) is 0 Å². The van der Waals surface area contributed by atoms with Crippen molar-refractivity contribution in [2.24, 2.45) is 5.41 Å². The van der Waals surface area contributed by atoms with Crippen molar-refractivity contribution in [1.29, 1.82) is 5.26 Å². The predicted octanol–water partition coefficient (Wildman–Crippen LogP) is 4.72. The van der Waals surface area contributed by atoms with Crippen molar-refractivity contribution in [3.8, 4) is 6.07 Å². The highest BCUT2D eigenvalue weighted by atomic mass is 19.4. The zero-order chi connectivity index (χ0) is 24.6. The lowest BCUT2D eigenvalue weighted by Crippen LogP contribution is -2.44. The topological polar surface area (TPSA) is 59.4 Å². The third-order valence-electron chi connectivity index (χ3n) is 7.66. The number of halogens is 3. The molecule has 2 saturated heterocycles. The molecular weight excluding hydrogens is 453 g/mol. The number of rotatable bonds is 5. The summed E-state index contributed by atoms with van der Waals surface area (Å²) in [5, 5.41) is 12.2. The molecule has 1 atom stereocenters. The van der Waals surface area contributed by atoms with Crippen LogP contribution in [-0.4, -0.2) is 42.5 Å². The first-order valence-electron chi connectivity index (χ1n) is 12.2. The Morgan fingerprint density at radius 3 is 2.46 bits per heavy atom. The number of alkyl halides is 3. The van der Waals surface area contributed by atoms with Crippen LogP contribution in [0.3, 0.4) is 0 Å². The van der Waals surface area contributed by atoms with Crippen molar-refractivity contribution in [3.05, 3.63) is 65.2 Å². The molecule has 2 aromatic rings. The van der Waals surface area contributed by atoms with Crippen LogP contribution in [0.15, 0.2) is 48.5 Å². The molecule has 5 rings (SSSR count). The van der Waals surface area contributed by atoms with E-state index < -0.39 is 23.3 Å². The molecule has 5 nitrogen and oxygen atoms in total. The van der Waals surface area contributed by atoms with Gasteiger partial charge < -0.3 is 10.2 Å². The van der Waals surface area contributed by atoms with Gasteiger partial charge in [-0.05, 0) is 74.4 Å². The van der Waals surface area contributed by atoms with E-state index in [-0.39, 0.29) is 17.4 Å². The van der Waals surface area contributed by atoms with Gasteiger partial charge in [-0.15, -0.1) is 0 Å². The van der Waals surface area contributed by atoms with E-state index in [4.69, 9.17) is 0 Å². The molecule has 3 aliphatic rings. The van der Waals surface area contributed by atoms with Gasteiger partial charge in [-0.2, -0.15) is 18.4 Å². The maximum atomic E-state index is 13.7. The summed E-state index contributed by atoms with van der Waals surface area (Å²) in [4.78, 5) is 17.4. The molecule has 0 radical (unpaired) electrons. The summed E-state index contributed by atoms with van der Waals surface area (Å²) in [6.45, 7) is 3.19. The highest BCUT2D eigenvalue weighted by Gasteiger charge is 2.49. The lowest BCUT2D eigenvalue weighted by molar-refractivity contribution is -0.137. The van der Waals surface area contributed by atoms with Crippen LogP contribution in [0.4, 0.5) is 18.9 Å². The fourth-order valence-corrected chi connectivity index (χ4v) is 5.52. The maximum absolute atomic E-state index is 13.7. The summed E-state index contributed by atoms with van der Waals surface area (Å²) < 4.78 is 41.0. The number of anilines is 1. The first-order valence-corrected chi connectivity index (χ1v) is 12.2. The SMILES string of the molecule is N#Cc1ccc(N2CC3(CCN(Cc4ccccc4)CC3)CC2C(=O)NC2CC2)cc1C(F)(F)F. The number of carbonyl (C=O) groups is 1. The van der Waals surface area contributed by atoms with Crippen LogP contribution in [-0.2, 0) is 17.5 Å². The Hall–Kier alpha value is -3.05. The van der Waals surface area contributed by atoms with E-state index in [0.29, 0.717) is 18.7 Å². The Bertz CT molecular complexity index is 1120. The molecule has 1 aliphatic carbocycles. The molecule has 1 saturated carbocycles. The van der Waals surface area contributed by atoms with Crippen molar-refractivity contribution < 1.29 is 18.0 Å². The molecule has 1 spiro atoms. The normalized spacial score (nSPS) is 22.2. The zero-order valence-corrected chi connectivity index (χ0v) is 19.5. The Balaban J connectivity index is 1.37. The van der Waals surface area contributed by atoms with Gasteiger partial charge in [0.25, 0.3) is 0 Å². The van der Waals surface area contributed by atoms with E-state index in [2.05, 4.69) is 22.3 Å². The van der Waals surface area contributed by atoms with Gasteiger partial charge in [0.1, 0.15) is 6.04 Å². The number of carbonyl (C=O) groups excluding carboxylic acids is 1. The summed E-state index contributed by atoms with van der Waals surface area (Å²) in [5.74, 6) is -0.103. The van der Waals surface area contributed by atoms with E-state index in [1.807, 2.05) is 23.1 Å². The fourth-order valence-electron chi connectivity index (χ4n) is 5.52. The molecule has 2 aromatic carbocycles. The Morgan fingerprint density at radius 2 is 1.83 bits per heavy atom. The van der Waals surface area contributed by atoms with E-state index in [9.17, 15) is 23.2 Å². The molecule has 184 valence electrons. The summed E-state index contributed by atoms with van der Waals surface area (Å²) in [5.41, 5.74) is 0.151. The number of nitrogens with one attached hydrogen (secondary N) is 1. The van der Waals surface area contributed by atoms with Gasteiger partial charge in [-0.1, -0.05) is 30.3 Å². The van der Waals surface area contributed by atoms with Crippen molar-refractivity contribution in [1.82, 2.24) is 10.2 Å². The average Bonchev–Trinajstić information content (AvgIpc) is 3.59. The highest BCUT2D eigenvalue weighted by Crippen LogP contribution is 2.46. The van der Waals surface area contributed by atoms with Gasteiger partial charge in [0, 0.05) is 24.8 Å². The van der Waals surface area contributed by atoms with Gasteiger partial charge in [-0.3, -0.25) is 9.69 Å². The minimum Gasteiger partial charge on any atom is -0.359 e. The van der Waals surface area contributed by atoms with Crippen LogP contribution in [0, 0.1) is 16.7 Å². The monoisotopic (exact) mass is 482 g/mol. The van der Waals surface area contributed by atoms with Crippen molar-refractivity contribution >= 4 is 11.6 Å². The van der Waals surface area contributed by atoms with Crippen molar-refractivity contribution in [2.75, 3.05) is 24.5 Å². The van der Waals surface area contributed by atoms with Gasteiger partial charge in [0.15, 0.2) is 0 Å². The predicted molar refractivity (Wildman–Crippen MR) is 126 cm³/mol. The smallest absolute Gasteiger partial charge is 0.359 e. The second-order valence-electron chi connectivity index (χ2n) is 10.2. The number of benzene rings is 2. The van der Waals surface area contributed by atoms with Gasteiger partial charge in [0.05, 0.1) is 17.2 Å². The summed E-state index contributed by atoms with van der Waals surface area (Å²) in [6, 6.07) is 15.4. The van der Waals surface area contributed by atoms with E-state index in [1.54, 1.807) is 12.1 Å². The third kappa shape index (κ3) is 5.15. The first-order chi connectivity index (χ1) is 16.8. The standard InChI is InChI=1S/C27H29F3N4O/c28-27(29,30)23-14-22(9-6-20(23)16-31)34-18-26(15-24(34)25(35)32-21-7-8-21)10-12-33(13-11-26)17-19-4-2-1-3-5-19/h1-6,9,14,21,24H,7-8,10-13,15,17-18H2,(H,32,35). The summed E-state index contributed by atoms with van der Waals surface area (Å²) >= 11 is 0. The summed E-state index contributed by atoms with van der Waals surface area (Å²) in [6.07, 6.45) is -0.308. The quantitative estimate of drug-likeness (QED) is 0.670. The van der Waals surface area contributed by atoms with Crippen molar-refractivity contribution in [2.45, 2.75) is 56.9 Å². The highest BCUT2D eigenvalue weighted by molar-refractivity contribution is 5.86. The molecule has 0 aromatic heterocycles. The lowest BCUT2D eigenvalue weighted by atomic mass is 9.76. The molecule has 0 bridgehead atoms. The Morgan fingerprint density at radius 1 is 1.11 bits per heavy atom. The third-order valence-corrected chi connectivity index (χ3v) is 7.66. The molecular formula is C27H29F3N4O. The second-order valence-corrected chi connectivity index (χ2v) is 10.2. The number of nitrogens with zero attached hydrogens (tertiary/aromatic N) is 3. The number of hydrogen-bond acceptors (Lipinski definition) is 4. The molecule has 1 N–H and O–H groups in total. The van der Waals surface area contributed by atoms with Crippen LogP contribution in [0.5, 0.6) is 0 Å². The Kier molecular flexibility index (Phi) is 6.22. The molecule has 2 heterocycles. The largest absolute Gasteiger partial charge is 0.417 e. The zero-order valence-electron chi connectivity index (χ0n) is 19.5. The molecule has 1 amide bonds. The molecule has 8 heteroatoms. The van der Waals surface area contributed by atoms with Crippen LogP contribution in [0.2, 0.25) is 0 Å². The van der Waals surface area contributed by atoms with E-state index in [0.717, 1.165) is 51.4 Å². The number of likely N-dealkylation sites (tertiary alicyclic amines) is 1. The average molecular weight is 483 g/mol. The minimum absolute atomic E-state index is 0.103. The van der Waals surface area contributed by atoms with Crippen LogP contribution < -0.4 is 10.2 Å². The number of hydrogen-bond donors (Lipinski definition) is 1. The molecule has 2 aliphatic heterocycles. The van der Waals surface area contributed by atoms with Crippen molar-refractivity contribution in [3.63, 3.8) is 0 Å². The molecule has 1 unspecified atom stereocenters. The van der Waals surface area contributed by atoms with Gasteiger partial charge in [0.2, 0.25) is 5.91 Å². The van der Waals surface area contributed by atoms with Gasteiger partial charge in [-0.25, -0.2) is 0 Å². The second kappa shape index (κ2) is 9.19. The molecule has 3 fully saturated rings. The number of nitriles is 1. The van der Waals surface area contributed by atoms with E-state index >= 15 is 0 Å². The minimum atomic E-state index is -4.63. The van der Waals surface area contributed by atoms with Crippen LogP contribution in [0.1, 0.15) is 48.8 Å². The van der Waals surface area contributed by atoms with E-state index in [1.165, 1.54) is 11.6 Å². The number of amides is 1. The Labute approximate surface area is 203 Å². The fraction of sp³-hybridized carbons (Fsp3) is 0.481. The molecule has 35 heavy (non-hydrogen) atoms. The van der Waals surface area contributed by atoms with Crippen LogP contribution >= 0.6 is 0 Å². The number of piperidine rings is 1.